The molecule has 1 amide bonds. The van der Waals surface area contributed by atoms with E-state index in [4.69, 9.17) is 0 Å². The van der Waals surface area contributed by atoms with Crippen LogP contribution in [0.15, 0.2) is 59.6 Å². The van der Waals surface area contributed by atoms with E-state index in [0.717, 1.165) is 0 Å². The van der Waals surface area contributed by atoms with Crippen molar-refractivity contribution in [2.24, 2.45) is 0 Å². The fourth-order valence-electron chi connectivity index (χ4n) is 2.14. The van der Waals surface area contributed by atoms with Crippen molar-refractivity contribution in [3.05, 3.63) is 60.3 Å². The third kappa shape index (κ3) is 3.03. The maximum atomic E-state index is 12.4. The Morgan fingerprint density at radius 3 is 2.52 bits per heavy atom. The minimum Gasteiger partial charge on any atom is -0.508 e. The van der Waals surface area contributed by atoms with E-state index in [9.17, 15) is 18.3 Å². The molecular formula is C15H13N3O4S. The molecule has 0 unspecified atom stereocenters. The van der Waals surface area contributed by atoms with Gasteiger partial charge in [-0.05, 0) is 42.5 Å². The molecule has 4 N–H and O–H groups in total. The highest BCUT2D eigenvalue weighted by atomic mass is 32.2. The molecule has 3 aromatic rings. The number of fused-ring (bicyclic) bond motifs is 1. The highest BCUT2D eigenvalue weighted by Crippen LogP contribution is 2.21. The summed E-state index contributed by atoms with van der Waals surface area (Å²) < 4.78 is 24.7. The van der Waals surface area contributed by atoms with Crippen molar-refractivity contribution in [2.75, 3.05) is 0 Å². The number of carbonyl (C=O) groups excluding carboxylic acids is 1. The molecule has 0 aliphatic rings. The summed E-state index contributed by atoms with van der Waals surface area (Å²) in [6, 6.07) is 11.9. The zero-order valence-corrected chi connectivity index (χ0v) is 12.6. The number of benzene rings is 2. The number of carbonyl (C=O) groups is 1. The molecule has 1 aromatic heterocycles. The summed E-state index contributed by atoms with van der Waals surface area (Å²) in [5, 5.41) is 9.71. The van der Waals surface area contributed by atoms with Gasteiger partial charge in [-0.25, -0.2) is 8.42 Å². The SMILES string of the molecule is O=C(NNS(=O)(=O)c1cccc2[nH]ccc12)c1ccc(O)cc1. The van der Waals surface area contributed by atoms with Crippen molar-refractivity contribution in [3.8, 4) is 5.75 Å². The number of hydrogen-bond donors (Lipinski definition) is 4. The zero-order chi connectivity index (χ0) is 16.4. The first kappa shape index (κ1) is 15.1. The van der Waals surface area contributed by atoms with E-state index in [2.05, 4.69) is 15.2 Å². The molecule has 0 fully saturated rings. The lowest BCUT2D eigenvalue weighted by Crippen LogP contribution is -2.41. The number of aromatic amines is 1. The second-order valence-electron chi connectivity index (χ2n) is 4.80. The van der Waals surface area contributed by atoms with Gasteiger partial charge < -0.3 is 10.1 Å². The molecule has 118 valence electrons. The molecule has 0 radical (unpaired) electrons. The number of aromatic nitrogens is 1. The molecule has 3 rings (SSSR count). The Morgan fingerprint density at radius 2 is 1.78 bits per heavy atom. The number of sulfonamides is 1. The van der Waals surface area contributed by atoms with Crippen LogP contribution in [0.4, 0.5) is 0 Å². The number of hydrogen-bond acceptors (Lipinski definition) is 4. The monoisotopic (exact) mass is 331 g/mol. The van der Waals surface area contributed by atoms with Crippen molar-refractivity contribution >= 4 is 26.8 Å². The number of amides is 1. The van der Waals surface area contributed by atoms with Gasteiger partial charge in [-0.15, -0.1) is 4.83 Å². The highest BCUT2D eigenvalue weighted by molar-refractivity contribution is 7.89. The van der Waals surface area contributed by atoms with Gasteiger partial charge in [-0.2, -0.15) is 0 Å². The summed E-state index contributed by atoms with van der Waals surface area (Å²) in [7, 11) is -3.92. The van der Waals surface area contributed by atoms with Gasteiger partial charge in [0.15, 0.2) is 0 Å². The van der Waals surface area contributed by atoms with Crippen molar-refractivity contribution in [3.63, 3.8) is 0 Å². The van der Waals surface area contributed by atoms with E-state index in [-0.39, 0.29) is 16.2 Å². The van der Waals surface area contributed by atoms with Gasteiger partial charge >= 0.3 is 0 Å². The summed E-state index contributed by atoms with van der Waals surface area (Å²) in [5.74, 6) is -0.615. The lowest BCUT2D eigenvalue weighted by molar-refractivity contribution is 0.0945. The number of phenols is 1. The van der Waals surface area contributed by atoms with Gasteiger partial charge in [-0.3, -0.25) is 10.2 Å². The first-order chi connectivity index (χ1) is 11.0. The van der Waals surface area contributed by atoms with Crippen LogP contribution in [0, 0.1) is 0 Å². The quantitative estimate of drug-likeness (QED) is 0.543. The molecule has 0 aliphatic carbocycles. The summed E-state index contributed by atoms with van der Waals surface area (Å²) in [4.78, 5) is 17.0. The molecular weight excluding hydrogens is 318 g/mol. The molecule has 0 aliphatic heterocycles. The largest absolute Gasteiger partial charge is 0.508 e. The van der Waals surface area contributed by atoms with Crippen LogP contribution >= 0.6 is 0 Å². The first-order valence-corrected chi connectivity index (χ1v) is 8.13. The van der Waals surface area contributed by atoms with E-state index in [1.807, 2.05) is 0 Å². The molecule has 8 heteroatoms. The van der Waals surface area contributed by atoms with Gasteiger partial charge in [0, 0.05) is 22.7 Å². The number of phenolic OH excluding ortho intramolecular Hbond substituents is 1. The Morgan fingerprint density at radius 1 is 1.04 bits per heavy atom. The van der Waals surface area contributed by atoms with Crippen LogP contribution in [-0.4, -0.2) is 24.4 Å². The van der Waals surface area contributed by atoms with Gasteiger partial charge in [0.25, 0.3) is 15.9 Å². The maximum absolute atomic E-state index is 12.4. The van der Waals surface area contributed by atoms with Crippen LogP contribution < -0.4 is 10.3 Å². The molecule has 0 saturated heterocycles. The second kappa shape index (κ2) is 5.75. The van der Waals surface area contributed by atoms with Crippen molar-refractivity contribution in [2.45, 2.75) is 4.90 Å². The molecule has 2 aromatic carbocycles. The van der Waals surface area contributed by atoms with Gasteiger partial charge in [0.05, 0.1) is 4.90 Å². The summed E-state index contributed by atoms with van der Waals surface area (Å²) in [5.41, 5.74) is 3.04. The zero-order valence-electron chi connectivity index (χ0n) is 11.8. The van der Waals surface area contributed by atoms with E-state index in [1.165, 1.54) is 30.3 Å². The normalized spacial score (nSPS) is 11.5. The number of aromatic hydroxyl groups is 1. The molecule has 23 heavy (non-hydrogen) atoms. The maximum Gasteiger partial charge on any atom is 0.266 e. The minimum atomic E-state index is -3.92. The number of hydrazine groups is 1. The Hall–Kier alpha value is -2.84. The van der Waals surface area contributed by atoms with Gasteiger partial charge in [-0.1, -0.05) is 6.07 Å². The predicted molar refractivity (Wildman–Crippen MR) is 84.2 cm³/mol. The molecule has 7 nitrogen and oxygen atoms in total. The molecule has 0 bridgehead atoms. The average Bonchev–Trinajstić information content (AvgIpc) is 3.01. The van der Waals surface area contributed by atoms with Crippen molar-refractivity contribution < 1.29 is 18.3 Å². The summed E-state index contributed by atoms with van der Waals surface area (Å²) in [6.45, 7) is 0. The van der Waals surface area contributed by atoms with Crippen LogP contribution in [0.25, 0.3) is 10.9 Å². The Kier molecular flexibility index (Phi) is 3.77. The summed E-state index contributed by atoms with van der Waals surface area (Å²) >= 11 is 0. The Labute approximate surface area is 132 Å². The van der Waals surface area contributed by atoms with Crippen LogP contribution in [0.3, 0.4) is 0 Å². The van der Waals surface area contributed by atoms with Crippen molar-refractivity contribution in [1.82, 2.24) is 15.2 Å². The number of nitrogens with one attached hydrogen (secondary N) is 3. The highest BCUT2D eigenvalue weighted by Gasteiger charge is 2.18. The van der Waals surface area contributed by atoms with Gasteiger partial charge in [0.2, 0.25) is 0 Å². The lowest BCUT2D eigenvalue weighted by atomic mass is 10.2. The Bertz CT molecular complexity index is 962. The fraction of sp³-hybridized carbons (Fsp3) is 0. The number of H-pyrrole nitrogens is 1. The summed E-state index contributed by atoms with van der Waals surface area (Å²) in [6.07, 6.45) is 1.64. The second-order valence-corrected chi connectivity index (χ2v) is 6.45. The number of rotatable bonds is 4. The molecule has 1 heterocycles. The van der Waals surface area contributed by atoms with E-state index in [1.54, 1.807) is 24.4 Å². The first-order valence-electron chi connectivity index (χ1n) is 6.65. The average molecular weight is 331 g/mol. The minimum absolute atomic E-state index is 0.0151. The van der Waals surface area contributed by atoms with Crippen LogP contribution in [0.5, 0.6) is 5.75 Å². The van der Waals surface area contributed by atoms with Crippen LogP contribution in [0.1, 0.15) is 10.4 Å². The molecule has 0 saturated carbocycles. The third-order valence-electron chi connectivity index (χ3n) is 3.27. The standard InChI is InChI=1S/C15H13N3O4S/c19-11-6-4-10(5-7-11)15(20)17-18-23(21,22)14-3-1-2-13-12(14)8-9-16-13/h1-9,16,18-19H,(H,17,20). The van der Waals surface area contributed by atoms with Crippen LogP contribution in [-0.2, 0) is 10.0 Å². The van der Waals surface area contributed by atoms with Crippen LogP contribution in [0.2, 0.25) is 0 Å². The lowest BCUT2D eigenvalue weighted by Gasteiger charge is -2.09. The van der Waals surface area contributed by atoms with E-state index in [0.29, 0.717) is 10.9 Å². The third-order valence-corrected chi connectivity index (χ3v) is 4.58. The van der Waals surface area contributed by atoms with Gasteiger partial charge in [0.1, 0.15) is 5.75 Å². The fourth-order valence-corrected chi connectivity index (χ4v) is 3.21. The smallest absolute Gasteiger partial charge is 0.266 e. The predicted octanol–water partition coefficient (Wildman–Crippen LogP) is 1.50. The molecule has 0 spiro atoms. The van der Waals surface area contributed by atoms with E-state index < -0.39 is 15.9 Å². The topological polar surface area (TPSA) is 111 Å². The van der Waals surface area contributed by atoms with E-state index >= 15 is 0 Å². The molecule has 0 atom stereocenters. The van der Waals surface area contributed by atoms with Crippen molar-refractivity contribution in [1.29, 1.82) is 0 Å². The Balaban J connectivity index is 1.80.